The lowest BCUT2D eigenvalue weighted by Gasteiger charge is -2.29. The van der Waals surface area contributed by atoms with Crippen LogP contribution in [-0.2, 0) is 14.3 Å². The van der Waals surface area contributed by atoms with Gasteiger partial charge in [-0.3, -0.25) is 19.7 Å². The summed E-state index contributed by atoms with van der Waals surface area (Å²) in [5.41, 5.74) is 1.03. The molecule has 0 saturated carbocycles. The average Bonchev–Trinajstić information content (AvgIpc) is 3.08. The number of nitro groups is 1. The van der Waals surface area contributed by atoms with Crippen LogP contribution in [0.15, 0.2) is 48.2 Å². The van der Waals surface area contributed by atoms with Crippen LogP contribution in [0.5, 0.6) is 11.5 Å². The van der Waals surface area contributed by atoms with E-state index in [9.17, 15) is 19.7 Å². The summed E-state index contributed by atoms with van der Waals surface area (Å²) in [6.45, 7) is 1.73. The van der Waals surface area contributed by atoms with Gasteiger partial charge in [0.2, 0.25) is 0 Å². The lowest BCUT2D eigenvalue weighted by atomic mass is 10.0. The second-order valence-corrected chi connectivity index (χ2v) is 7.11. The number of anilines is 1. The summed E-state index contributed by atoms with van der Waals surface area (Å²) in [7, 11) is 2.95. The number of benzene rings is 2. The molecule has 1 fully saturated rings. The Morgan fingerprint density at radius 2 is 1.66 bits per heavy atom. The number of hydrogen-bond donors (Lipinski definition) is 0. The van der Waals surface area contributed by atoms with Gasteiger partial charge in [-0.1, -0.05) is 0 Å². The van der Waals surface area contributed by atoms with Crippen LogP contribution in [0.3, 0.4) is 0 Å². The molecule has 166 valence electrons. The molecular weight excluding hydrogens is 418 g/mol. The van der Waals surface area contributed by atoms with Crippen molar-refractivity contribution in [1.82, 2.24) is 4.90 Å². The zero-order chi connectivity index (χ0) is 22.8. The molecule has 0 unspecified atom stereocenters. The topological polar surface area (TPSA) is 111 Å². The number of rotatable bonds is 6. The van der Waals surface area contributed by atoms with Crippen LogP contribution in [0, 0.1) is 10.1 Å². The molecule has 0 aliphatic carbocycles. The number of ether oxygens (including phenoxy) is 3. The van der Waals surface area contributed by atoms with Crippen LogP contribution >= 0.6 is 0 Å². The molecule has 2 aliphatic rings. The van der Waals surface area contributed by atoms with Crippen molar-refractivity contribution < 1.29 is 28.7 Å². The van der Waals surface area contributed by atoms with E-state index in [4.69, 9.17) is 14.2 Å². The number of carbonyl (C=O) groups excluding carboxylic acids is 2. The number of non-ortho nitro benzene ring substituents is 1. The summed E-state index contributed by atoms with van der Waals surface area (Å²) >= 11 is 0. The smallest absolute Gasteiger partial charge is 0.282 e. The predicted molar refractivity (Wildman–Crippen MR) is 114 cm³/mol. The molecule has 0 aromatic heterocycles. The van der Waals surface area contributed by atoms with E-state index in [0.29, 0.717) is 43.4 Å². The standard InChI is InChI=1S/C22H21N3O7/c1-30-16-7-8-17(18(13-16)31-2)24-21(26)19(14-3-5-15(6-4-14)25(28)29)20(22(24)27)23-9-11-32-12-10-23/h3-8,13H,9-12H2,1-2H3. The van der Waals surface area contributed by atoms with Crippen molar-refractivity contribution in [2.24, 2.45) is 0 Å². The Morgan fingerprint density at radius 3 is 2.25 bits per heavy atom. The fourth-order valence-corrected chi connectivity index (χ4v) is 3.80. The summed E-state index contributed by atoms with van der Waals surface area (Å²) in [5.74, 6) is -0.207. The van der Waals surface area contributed by atoms with Gasteiger partial charge in [-0.05, 0) is 29.8 Å². The zero-order valence-electron chi connectivity index (χ0n) is 17.6. The van der Waals surface area contributed by atoms with Gasteiger partial charge >= 0.3 is 0 Å². The Morgan fingerprint density at radius 1 is 0.969 bits per heavy atom. The number of nitro benzene ring substituents is 1. The lowest BCUT2D eigenvalue weighted by Crippen LogP contribution is -2.40. The van der Waals surface area contributed by atoms with Crippen LogP contribution in [-0.4, -0.2) is 62.2 Å². The van der Waals surface area contributed by atoms with Crippen LogP contribution in [0.2, 0.25) is 0 Å². The van der Waals surface area contributed by atoms with E-state index < -0.39 is 16.7 Å². The molecule has 2 aliphatic heterocycles. The second-order valence-electron chi connectivity index (χ2n) is 7.11. The third-order valence-corrected chi connectivity index (χ3v) is 5.38. The van der Waals surface area contributed by atoms with Gasteiger partial charge in [0.1, 0.15) is 17.2 Å². The van der Waals surface area contributed by atoms with E-state index in [2.05, 4.69) is 0 Å². The fraction of sp³-hybridized carbons (Fsp3) is 0.273. The number of methoxy groups -OCH3 is 2. The molecule has 0 bridgehead atoms. The fourth-order valence-electron chi connectivity index (χ4n) is 3.80. The van der Waals surface area contributed by atoms with Gasteiger partial charge in [0.05, 0.1) is 43.6 Å². The Labute approximate surface area is 183 Å². The quantitative estimate of drug-likeness (QED) is 0.383. The van der Waals surface area contributed by atoms with Crippen molar-refractivity contribution in [2.75, 3.05) is 45.4 Å². The third kappa shape index (κ3) is 3.65. The van der Waals surface area contributed by atoms with Gasteiger partial charge in [-0.25, -0.2) is 4.90 Å². The Hall–Kier alpha value is -3.92. The maximum Gasteiger partial charge on any atom is 0.282 e. The summed E-state index contributed by atoms with van der Waals surface area (Å²) < 4.78 is 16.0. The molecule has 32 heavy (non-hydrogen) atoms. The molecule has 0 spiro atoms. The van der Waals surface area contributed by atoms with Crippen molar-refractivity contribution >= 4 is 28.8 Å². The minimum absolute atomic E-state index is 0.104. The monoisotopic (exact) mass is 439 g/mol. The van der Waals surface area contributed by atoms with Crippen LogP contribution in [0.1, 0.15) is 5.56 Å². The first kappa shape index (κ1) is 21.3. The average molecular weight is 439 g/mol. The maximum absolute atomic E-state index is 13.6. The number of morpholine rings is 1. The van der Waals surface area contributed by atoms with E-state index in [1.165, 1.54) is 38.5 Å². The number of amides is 2. The van der Waals surface area contributed by atoms with Crippen LogP contribution < -0.4 is 14.4 Å². The summed E-state index contributed by atoms with van der Waals surface area (Å²) in [6, 6.07) is 10.4. The summed E-state index contributed by atoms with van der Waals surface area (Å²) in [6.07, 6.45) is 0. The first-order valence-electron chi connectivity index (χ1n) is 9.89. The number of carbonyl (C=O) groups is 2. The highest BCUT2D eigenvalue weighted by molar-refractivity contribution is 6.45. The number of nitrogens with zero attached hydrogens (tertiary/aromatic N) is 3. The van der Waals surface area contributed by atoms with E-state index in [1.54, 1.807) is 18.2 Å². The molecule has 1 saturated heterocycles. The molecular formula is C22H21N3O7. The summed E-state index contributed by atoms with van der Waals surface area (Å²) in [5, 5.41) is 11.0. The molecule has 10 heteroatoms. The molecule has 4 rings (SSSR count). The van der Waals surface area contributed by atoms with Gasteiger partial charge in [0, 0.05) is 31.3 Å². The highest BCUT2D eigenvalue weighted by Gasteiger charge is 2.43. The van der Waals surface area contributed by atoms with Crippen molar-refractivity contribution in [2.45, 2.75) is 0 Å². The normalized spacial score (nSPS) is 16.6. The predicted octanol–water partition coefficient (Wildman–Crippen LogP) is 2.23. The number of imide groups is 1. The van der Waals surface area contributed by atoms with Gasteiger partial charge < -0.3 is 19.1 Å². The number of hydrogen-bond acceptors (Lipinski definition) is 8. The van der Waals surface area contributed by atoms with Gasteiger partial charge in [-0.2, -0.15) is 0 Å². The van der Waals surface area contributed by atoms with Crippen molar-refractivity contribution in [3.05, 3.63) is 63.8 Å². The highest BCUT2D eigenvalue weighted by atomic mass is 16.6. The molecule has 10 nitrogen and oxygen atoms in total. The van der Waals surface area contributed by atoms with Gasteiger partial charge in [0.15, 0.2) is 0 Å². The van der Waals surface area contributed by atoms with E-state index in [0.717, 1.165) is 4.90 Å². The molecule has 0 radical (unpaired) electrons. The molecule has 2 aromatic carbocycles. The Balaban J connectivity index is 1.82. The first-order chi connectivity index (χ1) is 15.5. The lowest BCUT2D eigenvalue weighted by molar-refractivity contribution is -0.384. The van der Waals surface area contributed by atoms with E-state index in [-0.39, 0.29) is 22.6 Å². The van der Waals surface area contributed by atoms with Crippen LogP contribution in [0.4, 0.5) is 11.4 Å². The van der Waals surface area contributed by atoms with Gasteiger partial charge in [-0.15, -0.1) is 0 Å². The molecule has 2 heterocycles. The molecule has 2 aromatic rings. The largest absolute Gasteiger partial charge is 0.497 e. The Kier molecular flexibility index (Phi) is 5.78. The Bertz CT molecular complexity index is 1110. The minimum Gasteiger partial charge on any atom is -0.497 e. The molecule has 0 atom stereocenters. The van der Waals surface area contributed by atoms with Crippen molar-refractivity contribution in [1.29, 1.82) is 0 Å². The maximum atomic E-state index is 13.6. The SMILES string of the molecule is COc1ccc(N2C(=O)C(c3ccc([N+](=O)[O-])cc3)=C(N3CCOCC3)C2=O)c(OC)c1. The summed E-state index contributed by atoms with van der Waals surface area (Å²) in [4.78, 5) is 40.6. The zero-order valence-corrected chi connectivity index (χ0v) is 17.6. The van der Waals surface area contributed by atoms with E-state index >= 15 is 0 Å². The molecule has 0 N–H and O–H groups in total. The minimum atomic E-state index is -0.534. The van der Waals surface area contributed by atoms with Gasteiger partial charge in [0.25, 0.3) is 17.5 Å². The van der Waals surface area contributed by atoms with Crippen molar-refractivity contribution in [3.63, 3.8) is 0 Å². The van der Waals surface area contributed by atoms with Crippen LogP contribution in [0.25, 0.3) is 5.57 Å². The second kappa shape index (κ2) is 8.67. The molecule has 2 amide bonds. The third-order valence-electron chi connectivity index (χ3n) is 5.38. The van der Waals surface area contributed by atoms with Crippen molar-refractivity contribution in [3.8, 4) is 11.5 Å². The highest BCUT2D eigenvalue weighted by Crippen LogP contribution is 2.40. The van der Waals surface area contributed by atoms with E-state index in [1.807, 2.05) is 4.90 Å². The first-order valence-corrected chi connectivity index (χ1v) is 9.89.